The Morgan fingerprint density at radius 2 is 1.63 bits per heavy atom. The van der Waals surface area contributed by atoms with Gasteiger partial charge in [-0.3, -0.25) is 14.4 Å². The molecule has 0 spiro atoms. The summed E-state index contributed by atoms with van der Waals surface area (Å²) in [6.07, 6.45) is 7.78. The molecule has 0 aliphatic heterocycles. The smallest absolute Gasteiger partial charge is 0.312 e. The minimum absolute atomic E-state index is 0.0261. The molecule has 5 aliphatic carbocycles. The second-order valence-electron chi connectivity index (χ2n) is 15.3. The van der Waals surface area contributed by atoms with E-state index in [1.807, 2.05) is 26.8 Å². The van der Waals surface area contributed by atoms with Crippen molar-refractivity contribution in [2.45, 2.75) is 100 Å². The maximum absolute atomic E-state index is 14.5. The Kier molecular flexibility index (Phi) is 5.70. The van der Waals surface area contributed by atoms with Crippen LogP contribution in [0.3, 0.4) is 0 Å². The van der Waals surface area contributed by atoms with Gasteiger partial charge in [-0.15, -0.1) is 0 Å². The van der Waals surface area contributed by atoms with Crippen LogP contribution in [0.5, 0.6) is 0 Å². The number of Topliss-reactive ketones (excluding diaryl/α,β-unsaturated/α-hetero) is 1. The van der Waals surface area contributed by atoms with Crippen LogP contribution in [-0.4, -0.2) is 24.6 Å². The normalized spacial score (nSPS) is 45.1. The molecule has 3 fully saturated rings. The van der Waals surface area contributed by atoms with E-state index in [-0.39, 0.29) is 57.1 Å². The first kappa shape index (κ1) is 27.4. The highest BCUT2D eigenvalue weighted by atomic mass is 16.5. The van der Waals surface area contributed by atoms with Crippen molar-refractivity contribution in [3.8, 4) is 6.07 Å². The van der Waals surface area contributed by atoms with E-state index in [1.165, 1.54) is 7.11 Å². The first-order chi connectivity index (χ1) is 17.5. The molecule has 5 aliphatic rings. The molecule has 38 heavy (non-hydrogen) atoms. The van der Waals surface area contributed by atoms with Crippen LogP contribution in [0.2, 0.25) is 0 Å². The Morgan fingerprint density at radius 1 is 1.00 bits per heavy atom. The van der Waals surface area contributed by atoms with Crippen molar-refractivity contribution in [2.75, 3.05) is 7.11 Å². The molecular weight excluding hydrogens is 474 g/mol. The molecule has 0 amide bonds. The molecule has 3 saturated carbocycles. The lowest BCUT2D eigenvalue weighted by atomic mass is 9.33. The van der Waals surface area contributed by atoms with Gasteiger partial charge in [0.05, 0.1) is 18.1 Å². The summed E-state index contributed by atoms with van der Waals surface area (Å²) >= 11 is 0. The Balaban J connectivity index is 1.73. The Morgan fingerprint density at radius 3 is 2.24 bits per heavy atom. The number of ketones is 2. The Hall–Kier alpha value is -2.22. The highest BCUT2D eigenvalue weighted by molar-refractivity contribution is 6.05. The molecule has 0 aromatic heterocycles. The summed E-state index contributed by atoms with van der Waals surface area (Å²) in [6, 6.07) is 2.24. The van der Waals surface area contributed by atoms with Gasteiger partial charge in [-0.25, -0.2) is 0 Å². The number of nitrogens with zero attached hydrogens (tertiary/aromatic N) is 1. The number of fused-ring (bicyclic) bond motifs is 7. The predicted molar refractivity (Wildman–Crippen MR) is 146 cm³/mol. The fraction of sp³-hybridized carbons (Fsp3) is 0.758. The maximum atomic E-state index is 14.5. The summed E-state index contributed by atoms with van der Waals surface area (Å²) in [5.41, 5.74) is -0.170. The number of carbonyl (C=O) groups is 3. The average molecular weight is 520 g/mol. The SMILES string of the molecule is COC(=O)[C@]12CCC(C)(C)C[C@@H]1[C@H]1C(=O)C=C3[C@@]4(C)C(C)=C(C#N)C(=O)C(C)(C)C4CC[C@@]3(C)[C@]1(C)CC2. The summed E-state index contributed by atoms with van der Waals surface area (Å²) in [6.45, 7) is 17.3. The van der Waals surface area contributed by atoms with Crippen molar-refractivity contribution >= 4 is 17.5 Å². The van der Waals surface area contributed by atoms with Crippen LogP contribution >= 0.6 is 0 Å². The van der Waals surface area contributed by atoms with Crippen LogP contribution in [0.1, 0.15) is 100 Å². The van der Waals surface area contributed by atoms with E-state index in [0.29, 0.717) is 0 Å². The van der Waals surface area contributed by atoms with Gasteiger partial charge in [-0.1, -0.05) is 48.5 Å². The van der Waals surface area contributed by atoms with E-state index in [9.17, 15) is 19.6 Å². The van der Waals surface area contributed by atoms with E-state index >= 15 is 0 Å². The number of carbonyl (C=O) groups excluding carboxylic acids is 3. The zero-order chi connectivity index (χ0) is 28.3. The van der Waals surface area contributed by atoms with E-state index in [2.05, 4.69) is 40.7 Å². The zero-order valence-corrected chi connectivity index (χ0v) is 24.8. The molecule has 0 heterocycles. The van der Waals surface area contributed by atoms with Gasteiger partial charge >= 0.3 is 5.97 Å². The number of hydrogen-bond acceptors (Lipinski definition) is 5. The minimum Gasteiger partial charge on any atom is -0.469 e. The van der Waals surface area contributed by atoms with E-state index in [4.69, 9.17) is 4.74 Å². The van der Waals surface area contributed by atoms with Gasteiger partial charge in [0.2, 0.25) is 0 Å². The predicted octanol–water partition coefficient (Wildman–Crippen LogP) is 6.77. The Labute approximate surface area is 228 Å². The highest BCUT2D eigenvalue weighted by Crippen LogP contribution is 2.75. The van der Waals surface area contributed by atoms with Crippen LogP contribution in [0, 0.1) is 61.6 Å². The van der Waals surface area contributed by atoms with Crippen molar-refractivity contribution in [1.29, 1.82) is 5.26 Å². The summed E-state index contributed by atoms with van der Waals surface area (Å²) in [5, 5.41) is 10.0. The molecule has 5 rings (SSSR count). The van der Waals surface area contributed by atoms with Crippen molar-refractivity contribution in [3.63, 3.8) is 0 Å². The second kappa shape index (κ2) is 7.92. The van der Waals surface area contributed by atoms with Gasteiger partial charge in [-0.05, 0) is 97.2 Å². The number of allylic oxidation sites excluding steroid dienone is 4. The number of nitriles is 1. The van der Waals surface area contributed by atoms with Gasteiger partial charge in [0.25, 0.3) is 0 Å². The van der Waals surface area contributed by atoms with Crippen molar-refractivity contribution in [2.24, 2.45) is 50.2 Å². The molecule has 0 aromatic rings. The molecule has 0 N–H and O–H groups in total. The highest BCUT2D eigenvalue weighted by Gasteiger charge is 2.71. The molecule has 5 nitrogen and oxygen atoms in total. The maximum Gasteiger partial charge on any atom is 0.312 e. The largest absolute Gasteiger partial charge is 0.469 e. The van der Waals surface area contributed by atoms with Gasteiger partial charge in [0.15, 0.2) is 11.6 Å². The number of methoxy groups -OCH3 is 1. The summed E-state index contributed by atoms with van der Waals surface area (Å²) < 4.78 is 5.42. The Bertz CT molecular complexity index is 1250. The van der Waals surface area contributed by atoms with Gasteiger partial charge < -0.3 is 4.74 Å². The molecule has 1 unspecified atom stereocenters. The average Bonchev–Trinajstić information content (AvgIpc) is 2.84. The minimum atomic E-state index is -0.678. The van der Waals surface area contributed by atoms with Crippen LogP contribution in [-0.2, 0) is 19.1 Å². The topological polar surface area (TPSA) is 84.2 Å². The molecule has 0 radical (unpaired) electrons. The number of rotatable bonds is 1. The monoisotopic (exact) mass is 519 g/mol. The molecular formula is C33H45NO4. The fourth-order valence-corrected chi connectivity index (χ4v) is 10.5. The fourth-order valence-electron chi connectivity index (χ4n) is 10.5. The summed E-state index contributed by atoms with van der Waals surface area (Å²) in [4.78, 5) is 41.3. The van der Waals surface area contributed by atoms with E-state index < -0.39 is 16.2 Å². The molecule has 5 heteroatoms. The summed E-state index contributed by atoms with van der Waals surface area (Å²) in [5.74, 6) is -0.367. The lowest BCUT2D eigenvalue weighted by Crippen LogP contribution is -2.66. The molecule has 0 bridgehead atoms. The van der Waals surface area contributed by atoms with Crippen LogP contribution in [0.25, 0.3) is 0 Å². The number of esters is 1. The lowest BCUT2D eigenvalue weighted by Gasteiger charge is -2.69. The third-order valence-electron chi connectivity index (χ3n) is 13.1. The van der Waals surface area contributed by atoms with Gasteiger partial charge in [-0.2, -0.15) is 5.26 Å². The first-order valence-electron chi connectivity index (χ1n) is 14.5. The van der Waals surface area contributed by atoms with Crippen LogP contribution < -0.4 is 0 Å². The zero-order valence-electron chi connectivity index (χ0n) is 24.8. The van der Waals surface area contributed by atoms with Gasteiger partial charge in [0.1, 0.15) is 6.07 Å². The third kappa shape index (κ3) is 3.01. The van der Waals surface area contributed by atoms with E-state index in [0.717, 1.165) is 56.1 Å². The number of hydrogen-bond donors (Lipinski definition) is 0. The lowest BCUT2D eigenvalue weighted by molar-refractivity contribution is -0.191. The van der Waals surface area contributed by atoms with Crippen molar-refractivity contribution in [3.05, 3.63) is 22.8 Å². The second-order valence-corrected chi connectivity index (χ2v) is 15.3. The van der Waals surface area contributed by atoms with E-state index in [1.54, 1.807) is 0 Å². The molecule has 206 valence electrons. The van der Waals surface area contributed by atoms with Crippen molar-refractivity contribution < 1.29 is 19.1 Å². The molecule has 7 atom stereocenters. The molecule has 0 saturated heterocycles. The third-order valence-corrected chi connectivity index (χ3v) is 13.1. The standard InChI is InChI=1S/C33H45NO4/c1-19-20(18-34)26(36)29(4,5)23-10-11-30(6)24(32(19,23)8)16-22(35)25-21-17-28(2,3)12-14-33(21,27(37)38-9)15-13-31(25,30)7/h16,21,23,25H,10-15,17H2,1-9H3/t21-,23?,25+,30-,31-,32+,33+/m1/s1. The first-order valence-corrected chi connectivity index (χ1v) is 14.5. The van der Waals surface area contributed by atoms with Crippen molar-refractivity contribution in [1.82, 2.24) is 0 Å². The summed E-state index contributed by atoms with van der Waals surface area (Å²) in [7, 11) is 1.49. The van der Waals surface area contributed by atoms with Crippen LogP contribution in [0.4, 0.5) is 0 Å². The quantitative estimate of drug-likeness (QED) is 0.357. The van der Waals surface area contributed by atoms with Crippen LogP contribution in [0.15, 0.2) is 22.8 Å². The van der Waals surface area contributed by atoms with Gasteiger partial charge in [0, 0.05) is 16.7 Å². The molecule has 0 aromatic carbocycles. The number of ether oxygens (including phenoxy) is 1.